The number of benzene rings is 2. The number of rotatable bonds is 6. The summed E-state index contributed by atoms with van der Waals surface area (Å²) in [6, 6.07) is 16.3. The van der Waals surface area contributed by atoms with Crippen molar-refractivity contribution in [2.24, 2.45) is 0 Å². The molecule has 3 heterocycles. The Morgan fingerprint density at radius 3 is 2.90 bits per heavy atom. The van der Waals surface area contributed by atoms with Crippen molar-refractivity contribution < 1.29 is 4.39 Å². The molecule has 5 heteroatoms. The Kier molecular flexibility index (Phi) is 5.88. The van der Waals surface area contributed by atoms with Crippen LogP contribution >= 0.6 is 0 Å². The van der Waals surface area contributed by atoms with Gasteiger partial charge in [-0.1, -0.05) is 30.3 Å². The minimum atomic E-state index is -0.167. The fraction of sp³-hybridized carbons (Fsp3) is 0.423. The molecule has 162 valence electrons. The number of nitrogens with zero attached hydrogens (tertiary/aromatic N) is 3. The van der Waals surface area contributed by atoms with E-state index in [1.54, 1.807) is 12.1 Å². The van der Waals surface area contributed by atoms with E-state index in [2.05, 4.69) is 46.3 Å². The number of hydrogen-bond acceptors (Lipinski definition) is 4. The van der Waals surface area contributed by atoms with Crippen molar-refractivity contribution in [1.82, 2.24) is 15.2 Å². The van der Waals surface area contributed by atoms with Gasteiger partial charge in [0.2, 0.25) is 0 Å². The number of anilines is 1. The number of aromatic nitrogens is 1. The molecule has 0 amide bonds. The van der Waals surface area contributed by atoms with Crippen LogP contribution in [0.15, 0.2) is 48.5 Å². The number of pyridine rings is 1. The minimum absolute atomic E-state index is 0.167. The maximum Gasteiger partial charge on any atom is 0.133 e. The lowest BCUT2D eigenvalue weighted by Crippen LogP contribution is -2.50. The maximum absolute atomic E-state index is 13.4. The Morgan fingerprint density at radius 2 is 2.00 bits per heavy atom. The molecule has 1 N–H and O–H groups in total. The van der Waals surface area contributed by atoms with E-state index >= 15 is 0 Å². The highest BCUT2D eigenvalue weighted by atomic mass is 19.1. The Morgan fingerprint density at radius 1 is 1.10 bits per heavy atom. The van der Waals surface area contributed by atoms with Gasteiger partial charge in [0, 0.05) is 43.2 Å². The van der Waals surface area contributed by atoms with E-state index in [9.17, 15) is 4.39 Å². The molecule has 0 aliphatic carbocycles. The first kappa shape index (κ1) is 20.4. The molecule has 3 aromatic rings. The molecule has 5 rings (SSSR count). The second-order valence-electron chi connectivity index (χ2n) is 8.95. The fourth-order valence-corrected chi connectivity index (χ4v) is 5.12. The summed E-state index contributed by atoms with van der Waals surface area (Å²) in [7, 11) is 0. The maximum atomic E-state index is 13.4. The molecular formula is C26H31FN4. The van der Waals surface area contributed by atoms with Gasteiger partial charge >= 0.3 is 0 Å². The lowest BCUT2D eigenvalue weighted by Gasteiger charge is -2.39. The molecule has 1 aromatic heterocycles. The number of fused-ring (bicyclic) bond motifs is 2. The summed E-state index contributed by atoms with van der Waals surface area (Å²) in [6.45, 7) is 8.21. The van der Waals surface area contributed by atoms with E-state index in [-0.39, 0.29) is 5.82 Å². The fourth-order valence-electron chi connectivity index (χ4n) is 5.12. The molecule has 4 nitrogen and oxygen atoms in total. The molecule has 0 saturated carbocycles. The van der Waals surface area contributed by atoms with E-state index < -0.39 is 0 Å². The van der Waals surface area contributed by atoms with E-state index in [1.807, 2.05) is 6.07 Å². The lowest BCUT2D eigenvalue weighted by molar-refractivity contribution is 0.230. The zero-order valence-corrected chi connectivity index (χ0v) is 18.3. The second-order valence-corrected chi connectivity index (χ2v) is 8.95. The van der Waals surface area contributed by atoms with Crippen LogP contribution in [0.2, 0.25) is 0 Å². The average molecular weight is 419 g/mol. The molecule has 0 spiro atoms. The van der Waals surface area contributed by atoms with E-state index in [1.165, 1.54) is 42.0 Å². The zero-order chi connectivity index (χ0) is 21.2. The van der Waals surface area contributed by atoms with Gasteiger partial charge in [0.05, 0.1) is 5.52 Å². The number of hydrogen-bond donors (Lipinski definition) is 1. The first-order valence-corrected chi connectivity index (χ1v) is 11.5. The van der Waals surface area contributed by atoms with Crippen LogP contribution in [-0.4, -0.2) is 48.6 Å². The first-order chi connectivity index (χ1) is 15.2. The van der Waals surface area contributed by atoms with Crippen molar-refractivity contribution in [2.75, 3.05) is 37.6 Å². The third-order valence-electron chi connectivity index (χ3n) is 6.79. The van der Waals surface area contributed by atoms with Crippen LogP contribution in [0.3, 0.4) is 0 Å². The van der Waals surface area contributed by atoms with Crippen LogP contribution in [0, 0.1) is 12.7 Å². The van der Waals surface area contributed by atoms with Gasteiger partial charge in [-0.2, -0.15) is 0 Å². The molecule has 2 fully saturated rings. The van der Waals surface area contributed by atoms with Gasteiger partial charge in [0.15, 0.2) is 0 Å². The molecule has 31 heavy (non-hydrogen) atoms. The normalized spacial score (nSPS) is 19.2. The van der Waals surface area contributed by atoms with Crippen LogP contribution in [0.4, 0.5) is 10.2 Å². The largest absolute Gasteiger partial charge is 0.353 e. The Balaban J connectivity index is 1.36. The Hall–Kier alpha value is -2.50. The third kappa shape index (κ3) is 4.43. The summed E-state index contributed by atoms with van der Waals surface area (Å²) in [4.78, 5) is 10.3. The quantitative estimate of drug-likeness (QED) is 0.605. The van der Waals surface area contributed by atoms with E-state index in [0.29, 0.717) is 6.04 Å². The summed E-state index contributed by atoms with van der Waals surface area (Å²) < 4.78 is 13.4. The number of nitrogens with one attached hydrogen (secondary N) is 1. The lowest BCUT2D eigenvalue weighted by atomic mass is 10.1. The van der Waals surface area contributed by atoms with Crippen molar-refractivity contribution in [3.63, 3.8) is 0 Å². The van der Waals surface area contributed by atoms with Crippen molar-refractivity contribution in [3.8, 4) is 0 Å². The Labute approximate surface area is 184 Å². The highest BCUT2D eigenvalue weighted by molar-refractivity contribution is 5.84. The topological polar surface area (TPSA) is 31.4 Å². The predicted molar refractivity (Wildman–Crippen MR) is 125 cm³/mol. The summed E-state index contributed by atoms with van der Waals surface area (Å²) in [5, 5.41) is 4.77. The SMILES string of the molecule is Cc1cccc2cc(CNCCc3cccc(F)c3)c(N3CCN4CCC[C@H]4C3)nc12. The summed E-state index contributed by atoms with van der Waals surface area (Å²) in [5.74, 6) is 0.964. The molecule has 2 aliphatic heterocycles. The van der Waals surface area contributed by atoms with Crippen molar-refractivity contribution in [3.05, 3.63) is 71.0 Å². The van der Waals surface area contributed by atoms with Gasteiger partial charge in [-0.05, 0) is 68.6 Å². The minimum Gasteiger partial charge on any atom is -0.353 e. The number of piperazine rings is 1. The smallest absolute Gasteiger partial charge is 0.133 e. The van der Waals surface area contributed by atoms with Gasteiger partial charge in [0.1, 0.15) is 11.6 Å². The molecule has 2 aromatic carbocycles. The van der Waals surface area contributed by atoms with Crippen LogP contribution in [0.5, 0.6) is 0 Å². The van der Waals surface area contributed by atoms with Crippen LogP contribution in [0.25, 0.3) is 10.9 Å². The predicted octanol–water partition coefficient (Wildman–Crippen LogP) is 4.30. The Bertz CT molecular complexity index is 1070. The number of aryl methyl sites for hydroxylation is 1. The zero-order valence-electron chi connectivity index (χ0n) is 18.3. The van der Waals surface area contributed by atoms with E-state index in [0.717, 1.165) is 56.0 Å². The molecule has 2 saturated heterocycles. The van der Waals surface area contributed by atoms with Gasteiger partial charge in [-0.25, -0.2) is 9.37 Å². The molecule has 0 unspecified atom stereocenters. The van der Waals surface area contributed by atoms with Crippen LogP contribution in [-0.2, 0) is 13.0 Å². The first-order valence-electron chi connectivity index (χ1n) is 11.5. The summed E-state index contributed by atoms with van der Waals surface area (Å²) in [5.41, 5.74) is 4.61. The van der Waals surface area contributed by atoms with Gasteiger partial charge in [0.25, 0.3) is 0 Å². The average Bonchev–Trinajstić information content (AvgIpc) is 3.24. The number of para-hydroxylation sites is 1. The summed E-state index contributed by atoms with van der Waals surface area (Å²) in [6.07, 6.45) is 3.43. The van der Waals surface area contributed by atoms with Crippen molar-refractivity contribution in [2.45, 2.75) is 38.8 Å². The van der Waals surface area contributed by atoms with Crippen LogP contribution in [0.1, 0.15) is 29.5 Å². The van der Waals surface area contributed by atoms with Gasteiger partial charge < -0.3 is 10.2 Å². The molecule has 2 aliphatic rings. The molecule has 1 atom stereocenters. The van der Waals surface area contributed by atoms with E-state index in [4.69, 9.17) is 4.98 Å². The second kappa shape index (κ2) is 8.93. The number of halogens is 1. The van der Waals surface area contributed by atoms with Crippen LogP contribution < -0.4 is 10.2 Å². The van der Waals surface area contributed by atoms with Gasteiger partial charge in [-0.3, -0.25) is 4.90 Å². The highest BCUT2D eigenvalue weighted by Gasteiger charge is 2.31. The van der Waals surface area contributed by atoms with Crippen molar-refractivity contribution in [1.29, 1.82) is 0 Å². The monoisotopic (exact) mass is 418 g/mol. The summed E-state index contributed by atoms with van der Waals surface area (Å²) >= 11 is 0. The van der Waals surface area contributed by atoms with Crippen molar-refractivity contribution >= 4 is 16.7 Å². The third-order valence-corrected chi connectivity index (χ3v) is 6.79. The highest BCUT2D eigenvalue weighted by Crippen LogP contribution is 2.29. The molecular weight excluding hydrogens is 387 g/mol. The molecule has 0 radical (unpaired) electrons. The standard InChI is InChI=1S/C26H31FN4/c1-19-5-2-7-21-16-22(17-28-11-10-20-6-3-8-23(27)15-20)26(29-25(19)21)31-14-13-30-12-4-9-24(30)18-31/h2-3,5-8,15-16,24,28H,4,9-14,17-18H2,1H3/t24-/m0/s1. The molecule has 0 bridgehead atoms. The van der Waals surface area contributed by atoms with Gasteiger partial charge in [-0.15, -0.1) is 0 Å².